The Morgan fingerprint density at radius 2 is 1.82 bits per heavy atom. The minimum Gasteiger partial charge on any atom is -0.369 e. The van der Waals surface area contributed by atoms with Crippen molar-refractivity contribution in [3.8, 4) is 17.3 Å². The van der Waals surface area contributed by atoms with E-state index in [2.05, 4.69) is 23.2 Å². The molecule has 1 aromatic heterocycles. The Kier molecular flexibility index (Phi) is 5.38. The lowest BCUT2D eigenvalue weighted by Gasteiger charge is -2.41. The normalized spacial score (nSPS) is 22.3. The molecule has 0 unspecified atom stereocenters. The van der Waals surface area contributed by atoms with Crippen LogP contribution in [0.4, 0.5) is 0 Å². The third kappa shape index (κ3) is 3.82. The minimum absolute atomic E-state index is 0.109. The predicted molar refractivity (Wildman–Crippen MR) is 132 cm³/mol. The van der Waals surface area contributed by atoms with E-state index in [1.165, 1.54) is 23.3 Å². The number of nitriles is 1. The highest BCUT2D eigenvalue weighted by Crippen LogP contribution is 2.46. The second-order valence-electron chi connectivity index (χ2n) is 9.16. The number of aromatic nitrogens is 1. The highest BCUT2D eigenvalue weighted by Gasteiger charge is 2.47. The molecule has 1 saturated carbocycles. The van der Waals surface area contributed by atoms with Crippen molar-refractivity contribution in [2.24, 2.45) is 10.7 Å². The zero-order valence-electron chi connectivity index (χ0n) is 19.0. The van der Waals surface area contributed by atoms with Crippen molar-refractivity contribution in [1.29, 1.82) is 5.26 Å². The van der Waals surface area contributed by atoms with E-state index < -0.39 is 11.5 Å². The first-order valence-electron chi connectivity index (χ1n) is 11.2. The average molecular weight is 470 g/mol. The highest BCUT2D eigenvalue weighted by molar-refractivity contribution is 6.31. The van der Waals surface area contributed by atoms with Gasteiger partial charge in [0.25, 0.3) is 0 Å². The zero-order valence-corrected chi connectivity index (χ0v) is 19.8. The van der Waals surface area contributed by atoms with E-state index >= 15 is 0 Å². The molecule has 2 heterocycles. The van der Waals surface area contributed by atoms with Crippen LogP contribution in [-0.4, -0.2) is 28.8 Å². The minimum atomic E-state index is -0.941. The summed E-state index contributed by atoms with van der Waals surface area (Å²) in [6, 6.07) is 19.3. The maximum absolute atomic E-state index is 13.5. The Hall–Kier alpha value is -3.69. The second-order valence-corrected chi connectivity index (χ2v) is 9.60. The predicted octanol–water partition coefficient (Wildman–Crippen LogP) is 4.94. The van der Waals surface area contributed by atoms with Gasteiger partial charge in [-0.25, -0.2) is 4.99 Å². The first-order valence-corrected chi connectivity index (χ1v) is 11.6. The molecule has 1 amide bonds. The van der Waals surface area contributed by atoms with Crippen molar-refractivity contribution in [2.75, 3.05) is 7.05 Å². The Balaban J connectivity index is 1.62. The van der Waals surface area contributed by atoms with Crippen LogP contribution < -0.4 is 5.73 Å². The van der Waals surface area contributed by atoms with Crippen LogP contribution in [0.2, 0.25) is 5.02 Å². The van der Waals surface area contributed by atoms with Gasteiger partial charge >= 0.3 is 0 Å². The zero-order chi connectivity index (χ0) is 24.0. The number of likely N-dealkylation sites (N-methyl/N-ethyl adjacent to an activating group) is 1. The summed E-state index contributed by atoms with van der Waals surface area (Å²) in [6.45, 7) is 1.93. The van der Waals surface area contributed by atoms with Crippen LogP contribution in [0.25, 0.3) is 11.3 Å². The fraction of sp³-hybridized carbons (Fsp3) is 0.259. The van der Waals surface area contributed by atoms with Gasteiger partial charge in [-0.15, -0.1) is 0 Å². The second kappa shape index (κ2) is 8.27. The number of guanidine groups is 1. The number of amides is 1. The maximum atomic E-state index is 13.5. The fourth-order valence-electron chi connectivity index (χ4n) is 4.71. The summed E-state index contributed by atoms with van der Waals surface area (Å²) in [6.07, 6.45) is 4.13. The van der Waals surface area contributed by atoms with Gasteiger partial charge in [0.2, 0.25) is 5.91 Å². The summed E-state index contributed by atoms with van der Waals surface area (Å²) >= 11 is 6.22. The van der Waals surface area contributed by atoms with Gasteiger partial charge in [-0.2, -0.15) is 5.26 Å². The number of carbonyl (C=O) groups is 1. The fourth-order valence-corrected chi connectivity index (χ4v) is 4.94. The van der Waals surface area contributed by atoms with Gasteiger partial charge in [0.15, 0.2) is 5.96 Å². The standard InChI is InChI=1S/C27H24ClN5O/c1-27(21-9-10-31-23(14-21)20-11-16(15-29)12-22(28)13-20)24(25(34)33(2)26(30)32-27)19-7-5-18(6-8-19)17-3-4-17/h5-14,17,24H,3-4H2,1-2H3,(H2,30,32)/t24-,27-/m1/s1. The number of pyridine rings is 1. The smallest absolute Gasteiger partial charge is 0.239 e. The van der Waals surface area contributed by atoms with E-state index in [4.69, 9.17) is 22.3 Å². The van der Waals surface area contributed by atoms with Crippen LogP contribution in [0.15, 0.2) is 65.8 Å². The molecule has 6 nitrogen and oxygen atoms in total. The Morgan fingerprint density at radius 3 is 2.50 bits per heavy atom. The number of rotatable bonds is 4. The molecule has 0 bridgehead atoms. The average Bonchev–Trinajstić information content (AvgIpc) is 3.68. The summed E-state index contributed by atoms with van der Waals surface area (Å²) in [5.41, 5.74) is 10.1. The largest absolute Gasteiger partial charge is 0.369 e. The molecule has 2 aromatic carbocycles. The molecule has 2 atom stereocenters. The number of halogens is 1. The van der Waals surface area contributed by atoms with Crippen LogP contribution in [0, 0.1) is 11.3 Å². The molecule has 0 spiro atoms. The molecule has 170 valence electrons. The number of aliphatic imine (C=N–C) groups is 1. The van der Waals surface area contributed by atoms with E-state index in [1.54, 1.807) is 31.4 Å². The van der Waals surface area contributed by atoms with Crippen LogP contribution in [-0.2, 0) is 10.3 Å². The van der Waals surface area contributed by atoms with Gasteiger partial charge in [-0.05, 0) is 72.7 Å². The monoisotopic (exact) mass is 469 g/mol. The van der Waals surface area contributed by atoms with Crippen molar-refractivity contribution < 1.29 is 4.79 Å². The van der Waals surface area contributed by atoms with Crippen molar-refractivity contribution in [1.82, 2.24) is 9.88 Å². The van der Waals surface area contributed by atoms with Crippen LogP contribution >= 0.6 is 11.6 Å². The third-order valence-corrected chi connectivity index (χ3v) is 7.03. The summed E-state index contributed by atoms with van der Waals surface area (Å²) in [4.78, 5) is 24.3. The number of hydrogen-bond donors (Lipinski definition) is 1. The molecule has 2 aliphatic rings. The molecule has 7 heteroatoms. The van der Waals surface area contributed by atoms with Gasteiger partial charge in [0.1, 0.15) is 5.54 Å². The molecule has 0 radical (unpaired) electrons. The number of benzene rings is 2. The van der Waals surface area contributed by atoms with Gasteiger partial charge in [-0.3, -0.25) is 14.7 Å². The van der Waals surface area contributed by atoms with Crippen LogP contribution in [0.5, 0.6) is 0 Å². The highest BCUT2D eigenvalue weighted by atomic mass is 35.5. The first kappa shape index (κ1) is 22.1. The number of carbonyl (C=O) groups excluding carboxylic acids is 1. The van der Waals surface area contributed by atoms with E-state index in [1.807, 2.05) is 31.2 Å². The SMILES string of the molecule is CN1C(=O)[C@@H](c2ccc(C3CC3)cc2)[C@@](C)(c2ccnc(-c3cc(Cl)cc(C#N)c3)c2)N=C1N. The molecule has 3 aromatic rings. The summed E-state index contributed by atoms with van der Waals surface area (Å²) in [5.74, 6) is 0.146. The molecule has 1 aliphatic heterocycles. The lowest BCUT2D eigenvalue weighted by atomic mass is 9.74. The van der Waals surface area contributed by atoms with Gasteiger partial charge in [-0.1, -0.05) is 35.9 Å². The number of nitrogens with two attached hydrogens (primary N) is 1. The molecule has 5 rings (SSSR count). The Morgan fingerprint density at radius 1 is 1.12 bits per heavy atom. The lowest BCUT2D eigenvalue weighted by Crippen LogP contribution is -2.52. The summed E-state index contributed by atoms with van der Waals surface area (Å²) in [7, 11) is 1.65. The molecule has 34 heavy (non-hydrogen) atoms. The third-order valence-electron chi connectivity index (χ3n) is 6.82. The van der Waals surface area contributed by atoms with Crippen molar-refractivity contribution in [2.45, 2.75) is 37.1 Å². The number of nitrogens with zero attached hydrogens (tertiary/aromatic N) is 4. The first-order chi connectivity index (χ1) is 16.3. The van der Waals surface area contributed by atoms with E-state index in [9.17, 15) is 10.1 Å². The summed E-state index contributed by atoms with van der Waals surface area (Å²) in [5, 5.41) is 9.79. The maximum Gasteiger partial charge on any atom is 0.239 e. The van der Waals surface area contributed by atoms with Gasteiger partial charge in [0.05, 0.1) is 23.2 Å². The van der Waals surface area contributed by atoms with E-state index in [-0.39, 0.29) is 11.9 Å². The molecular formula is C27H24ClN5O. The molecule has 1 fully saturated rings. The number of hydrogen-bond acceptors (Lipinski definition) is 5. The lowest BCUT2D eigenvalue weighted by molar-refractivity contribution is -0.130. The van der Waals surface area contributed by atoms with Crippen LogP contribution in [0.1, 0.15) is 53.9 Å². The van der Waals surface area contributed by atoms with Gasteiger partial charge < -0.3 is 5.73 Å². The molecule has 1 aliphatic carbocycles. The Labute approximate surface area is 203 Å². The topological polar surface area (TPSA) is 95.4 Å². The van der Waals surface area contributed by atoms with Gasteiger partial charge in [0, 0.05) is 23.8 Å². The van der Waals surface area contributed by atoms with E-state index in [0.29, 0.717) is 22.2 Å². The molecule has 2 N–H and O–H groups in total. The molecule has 0 saturated heterocycles. The van der Waals surface area contributed by atoms with Crippen molar-refractivity contribution in [3.05, 3.63) is 88.1 Å². The molecular weight excluding hydrogens is 446 g/mol. The van der Waals surface area contributed by atoms with Crippen molar-refractivity contribution in [3.63, 3.8) is 0 Å². The Bertz CT molecular complexity index is 1360. The van der Waals surface area contributed by atoms with E-state index in [0.717, 1.165) is 16.7 Å². The van der Waals surface area contributed by atoms with Crippen molar-refractivity contribution >= 4 is 23.5 Å². The summed E-state index contributed by atoms with van der Waals surface area (Å²) < 4.78 is 0. The quantitative estimate of drug-likeness (QED) is 0.585. The van der Waals surface area contributed by atoms with Crippen LogP contribution in [0.3, 0.4) is 0 Å².